The molecule has 0 aromatic heterocycles. The molecule has 1 atom stereocenters. The molecule has 0 rings (SSSR count). The normalized spacial score (nSPS) is 12.8. The molecule has 48 valence electrons. The van der Waals surface area contributed by atoms with Crippen LogP contribution in [0.15, 0.2) is 0 Å². The lowest BCUT2D eigenvalue weighted by molar-refractivity contribution is -0.132. The van der Waals surface area contributed by atoms with Crippen LogP contribution in [0.3, 0.4) is 0 Å². The molecule has 2 N–H and O–H groups in total. The molecule has 0 saturated heterocycles. The lowest BCUT2D eigenvalue weighted by Gasteiger charge is -2.01. The molecule has 5 nitrogen and oxygen atoms in total. The van der Waals surface area contributed by atoms with Crippen LogP contribution < -0.4 is 5.73 Å². The highest BCUT2D eigenvalue weighted by atomic mass is 32.2. The largest absolute Gasteiger partial charge is 0.740 e. The van der Waals surface area contributed by atoms with Crippen molar-refractivity contribution < 1.29 is 17.7 Å². The Balaban J connectivity index is 3.40. The molecule has 0 saturated carbocycles. The third-order valence-electron chi connectivity index (χ3n) is 0.328. The lowest BCUT2D eigenvalue weighted by atomic mass is 10.7. The summed E-state index contributed by atoms with van der Waals surface area (Å²) in [5, 5.41) is 0. The fraction of sp³-hybridized carbons (Fsp3) is 0.500. The smallest absolute Gasteiger partial charge is 0.332 e. The first kappa shape index (κ1) is 7.54. The van der Waals surface area contributed by atoms with E-state index >= 15 is 0 Å². The summed E-state index contributed by atoms with van der Waals surface area (Å²) in [6.07, 6.45) is 0. The maximum absolute atomic E-state index is 9.88. The van der Waals surface area contributed by atoms with Crippen LogP contribution in [0.5, 0.6) is 0 Å². The van der Waals surface area contributed by atoms with Gasteiger partial charge < -0.3 is 14.5 Å². The standard InChI is InChI=1S/C2H5NO4S/c3-1-2(4)7-8(5)6/h1,3H2,(H,5,6)/p-1. The SMILES string of the molecule is NCC(=O)OS(=O)[O-]. The van der Waals surface area contributed by atoms with Crippen LogP contribution in [-0.4, -0.2) is 21.3 Å². The van der Waals surface area contributed by atoms with Crippen molar-refractivity contribution in [3.63, 3.8) is 0 Å². The van der Waals surface area contributed by atoms with Crippen molar-refractivity contribution in [2.45, 2.75) is 0 Å². The van der Waals surface area contributed by atoms with Crippen molar-refractivity contribution in [3.05, 3.63) is 0 Å². The first-order valence-electron chi connectivity index (χ1n) is 1.67. The Bertz CT molecular complexity index is 113. The van der Waals surface area contributed by atoms with Crippen molar-refractivity contribution in [1.82, 2.24) is 0 Å². The maximum atomic E-state index is 9.88. The summed E-state index contributed by atoms with van der Waals surface area (Å²) >= 11 is -2.78. The van der Waals surface area contributed by atoms with E-state index in [0.29, 0.717) is 0 Å². The van der Waals surface area contributed by atoms with Crippen LogP contribution in [0.1, 0.15) is 0 Å². The molecule has 0 aliphatic carbocycles. The second-order valence-corrected chi connectivity index (χ2v) is 1.44. The summed E-state index contributed by atoms with van der Waals surface area (Å²) < 4.78 is 22.5. The van der Waals surface area contributed by atoms with Gasteiger partial charge in [-0.2, -0.15) is 0 Å². The van der Waals surface area contributed by atoms with E-state index in [2.05, 4.69) is 9.92 Å². The van der Waals surface area contributed by atoms with Crippen molar-refractivity contribution >= 4 is 17.3 Å². The summed E-state index contributed by atoms with van der Waals surface area (Å²) in [7, 11) is 0. The molecule has 0 heterocycles. The molecule has 1 unspecified atom stereocenters. The second-order valence-electron chi connectivity index (χ2n) is 0.864. The number of carbonyl (C=O) groups excluding carboxylic acids is 1. The van der Waals surface area contributed by atoms with E-state index in [4.69, 9.17) is 0 Å². The summed E-state index contributed by atoms with van der Waals surface area (Å²) in [5.74, 6) is -0.960. The van der Waals surface area contributed by atoms with Gasteiger partial charge in [-0.25, -0.2) is 9.00 Å². The maximum Gasteiger partial charge on any atom is 0.332 e. The number of rotatable bonds is 2. The van der Waals surface area contributed by atoms with Crippen LogP contribution in [0.4, 0.5) is 0 Å². The van der Waals surface area contributed by atoms with E-state index in [1.165, 1.54) is 0 Å². The van der Waals surface area contributed by atoms with Gasteiger partial charge >= 0.3 is 5.97 Å². The molecule has 0 aromatic rings. The fourth-order valence-corrected chi connectivity index (χ4v) is 0.330. The molecular formula is C2H4NO4S-. The minimum atomic E-state index is -2.78. The third-order valence-corrected chi connectivity index (χ3v) is 0.650. The Morgan fingerprint density at radius 3 is 2.50 bits per heavy atom. The van der Waals surface area contributed by atoms with Crippen LogP contribution in [0, 0.1) is 0 Å². The number of hydrogen-bond acceptors (Lipinski definition) is 5. The molecule has 0 aliphatic heterocycles. The zero-order chi connectivity index (χ0) is 6.57. The molecule has 0 aliphatic rings. The lowest BCUT2D eigenvalue weighted by Crippen LogP contribution is -2.17. The van der Waals surface area contributed by atoms with Crippen LogP contribution in [0.2, 0.25) is 0 Å². The van der Waals surface area contributed by atoms with Crippen molar-refractivity contribution in [3.8, 4) is 0 Å². The number of hydrogen-bond donors (Lipinski definition) is 1. The van der Waals surface area contributed by atoms with Crippen molar-refractivity contribution in [1.29, 1.82) is 0 Å². The second kappa shape index (κ2) is 3.53. The van der Waals surface area contributed by atoms with Gasteiger partial charge in [0.25, 0.3) is 0 Å². The van der Waals surface area contributed by atoms with Crippen molar-refractivity contribution in [2.75, 3.05) is 6.54 Å². The van der Waals surface area contributed by atoms with Crippen LogP contribution in [-0.2, 0) is 20.3 Å². The molecule has 0 bridgehead atoms. The van der Waals surface area contributed by atoms with Gasteiger partial charge in [0, 0.05) is 0 Å². The molecular weight excluding hydrogens is 134 g/mol. The molecule has 0 amide bonds. The number of carbonyl (C=O) groups is 1. The molecule has 0 aromatic carbocycles. The average molecular weight is 138 g/mol. The zero-order valence-corrected chi connectivity index (χ0v) is 4.64. The highest BCUT2D eigenvalue weighted by molar-refractivity contribution is 7.74. The Kier molecular flexibility index (Phi) is 3.33. The van der Waals surface area contributed by atoms with Gasteiger partial charge in [0.15, 0.2) is 0 Å². The van der Waals surface area contributed by atoms with Crippen LogP contribution >= 0.6 is 0 Å². The average Bonchev–Trinajstić information content (AvgIpc) is 1.65. The van der Waals surface area contributed by atoms with Gasteiger partial charge in [0.1, 0.15) is 11.4 Å². The quantitative estimate of drug-likeness (QED) is 0.458. The Morgan fingerprint density at radius 1 is 1.88 bits per heavy atom. The van der Waals surface area contributed by atoms with Gasteiger partial charge in [-0.05, 0) is 0 Å². The fourth-order valence-electron chi connectivity index (χ4n) is 0.110. The van der Waals surface area contributed by atoms with Crippen molar-refractivity contribution in [2.24, 2.45) is 5.73 Å². The number of nitrogens with two attached hydrogens (primary N) is 1. The summed E-state index contributed by atoms with van der Waals surface area (Å²) in [6.45, 7) is -0.423. The Morgan fingerprint density at radius 2 is 2.38 bits per heavy atom. The molecule has 0 radical (unpaired) electrons. The van der Waals surface area contributed by atoms with E-state index in [1.54, 1.807) is 0 Å². The summed E-state index contributed by atoms with van der Waals surface area (Å²) in [6, 6.07) is 0. The summed E-state index contributed by atoms with van der Waals surface area (Å²) in [5.41, 5.74) is 4.67. The Labute approximate surface area is 48.3 Å². The monoisotopic (exact) mass is 138 g/mol. The molecule has 0 fully saturated rings. The Hall–Kier alpha value is -0.460. The topological polar surface area (TPSA) is 92.5 Å². The van der Waals surface area contributed by atoms with Gasteiger partial charge in [-0.15, -0.1) is 0 Å². The minimum absolute atomic E-state index is 0.423. The molecule has 6 heteroatoms. The summed E-state index contributed by atoms with van der Waals surface area (Å²) in [4.78, 5) is 9.88. The van der Waals surface area contributed by atoms with E-state index < -0.39 is 23.9 Å². The zero-order valence-electron chi connectivity index (χ0n) is 3.83. The van der Waals surface area contributed by atoms with E-state index in [0.717, 1.165) is 0 Å². The van der Waals surface area contributed by atoms with Gasteiger partial charge in [0.2, 0.25) is 0 Å². The highest BCUT2D eigenvalue weighted by Gasteiger charge is 1.95. The predicted molar refractivity (Wildman–Crippen MR) is 24.1 cm³/mol. The van der Waals surface area contributed by atoms with Gasteiger partial charge in [0.05, 0.1) is 6.54 Å². The minimum Gasteiger partial charge on any atom is -0.740 e. The first-order chi connectivity index (χ1) is 3.66. The van der Waals surface area contributed by atoms with Crippen LogP contribution in [0.25, 0.3) is 0 Å². The van der Waals surface area contributed by atoms with Gasteiger partial charge in [-0.1, -0.05) is 0 Å². The highest BCUT2D eigenvalue weighted by Crippen LogP contribution is 1.76. The van der Waals surface area contributed by atoms with E-state index in [9.17, 15) is 13.6 Å². The predicted octanol–water partition coefficient (Wildman–Crippen LogP) is -1.72. The first-order valence-corrected chi connectivity index (χ1v) is 2.67. The third kappa shape index (κ3) is 3.72. The molecule has 8 heavy (non-hydrogen) atoms. The van der Waals surface area contributed by atoms with Gasteiger partial charge in [-0.3, -0.25) is 0 Å². The molecule has 0 spiro atoms. The van der Waals surface area contributed by atoms with E-state index in [1.807, 2.05) is 0 Å². The van der Waals surface area contributed by atoms with E-state index in [-0.39, 0.29) is 0 Å².